The van der Waals surface area contributed by atoms with Gasteiger partial charge in [-0.3, -0.25) is 19.7 Å². The number of alkyl carbamates (subject to hydrolysis) is 1. The molecule has 14 heteroatoms. The zero-order valence-electron chi connectivity index (χ0n) is 32.9. The van der Waals surface area contributed by atoms with E-state index in [1.165, 1.54) is 0 Å². The smallest absolute Gasteiger partial charge is 0.420 e. The minimum absolute atomic E-state index is 0.0569. The van der Waals surface area contributed by atoms with E-state index < -0.39 is 47.0 Å². The lowest BCUT2D eigenvalue weighted by Gasteiger charge is -2.41. The molecule has 0 aromatic heterocycles. The summed E-state index contributed by atoms with van der Waals surface area (Å²) < 4.78 is 16.3. The molecule has 294 valence electrons. The molecule has 0 unspecified atom stereocenters. The molecule has 53 heavy (non-hydrogen) atoms. The Kier molecular flexibility index (Phi) is 13.1. The number of unbranched alkanes of at least 4 members (excludes halogenated alkanes) is 1. The van der Waals surface area contributed by atoms with Crippen molar-refractivity contribution in [3.05, 3.63) is 29.3 Å². The number of rotatable bonds is 10. The number of imide groups is 2. The Bertz CT molecular complexity index is 1530. The van der Waals surface area contributed by atoms with Crippen molar-refractivity contribution in [1.29, 1.82) is 0 Å². The van der Waals surface area contributed by atoms with Gasteiger partial charge in [0.1, 0.15) is 17.2 Å². The molecular weight excluding hydrogens is 682 g/mol. The van der Waals surface area contributed by atoms with Crippen LogP contribution in [0.4, 0.5) is 20.1 Å². The highest BCUT2D eigenvalue weighted by atomic mass is 16.6. The van der Waals surface area contributed by atoms with E-state index in [4.69, 9.17) is 14.2 Å². The quantitative estimate of drug-likeness (QED) is 0.133. The van der Waals surface area contributed by atoms with Crippen LogP contribution in [0.15, 0.2) is 18.2 Å². The van der Waals surface area contributed by atoms with Crippen molar-refractivity contribution < 1.29 is 43.0 Å². The second-order valence-electron chi connectivity index (χ2n) is 17.3. The van der Waals surface area contributed by atoms with Crippen molar-refractivity contribution in [2.45, 2.75) is 143 Å². The molecule has 0 bridgehead atoms. The molecule has 2 fully saturated rings. The van der Waals surface area contributed by atoms with Gasteiger partial charge < -0.3 is 29.7 Å². The Balaban J connectivity index is 1.42. The number of anilines is 1. The Labute approximate surface area is 313 Å². The molecular formula is C39H59N5O9. The van der Waals surface area contributed by atoms with Crippen LogP contribution in [-0.4, -0.2) is 88.3 Å². The number of carbonyl (C=O) groups excluding carboxylic acids is 6. The zero-order valence-corrected chi connectivity index (χ0v) is 32.9. The Morgan fingerprint density at radius 2 is 1.53 bits per heavy atom. The van der Waals surface area contributed by atoms with Gasteiger partial charge in [0.25, 0.3) is 5.91 Å². The zero-order chi connectivity index (χ0) is 39.3. The Morgan fingerprint density at radius 1 is 0.868 bits per heavy atom. The highest BCUT2D eigenvalue weighted by Crippen LogP contribution is 2.49. The summed E-state index contributed by atoms with van der Waals surface area (Å²) in [7, 11) is 0. The van der Waals surface area contributed by atoms with Crippen LogP contribution in [0.25, 0.3) is 0 Å². The first-order valence-corrected chi connectivity index (χ1v) is 18.9. The average molecular weight is 742 g/mol. The number of amides is 6. The van der Waals surface area contributed by atoms with Crippen LogP contribution >= 0.6 is 0 Å². The number of benzene rings is 1. The summed E-state index contributed by atoms with van der Waals surface area (Å²) in [5.74, 6) is -0.711. The standard InChI is InChI=1S/C39H59N5O9/c1-37(2,3)44(36(50)53-39(7,8)9)35(49)51-22-11-10-21-40-27-14-12-13-26-30(27)31(43(33(26)47)28-19-20-29(45)42-32(28)46)25-17-15-24(16-18-25)23-41-34(48)52-38(4,5)6/h12-14,24-25,28,31,40H,10-11,15-23H2,1-9H3,(H,41,48)(H,42,45,46)/t24?,25?,28-,31-/m1/s1. The summed E-state index contributed by atoms with van der Waals surface area (Å²) in [5, 5.41) is 8.82. The van der Waals surface area contributed by atoms with E-state index in [-0.39, 0.29) is 49.1 Å². The van der Waals surface area contributed by atoms with E-state index in [2.05, 4.69) is 16.0 Å². The fraction of sp³-hybridized carbons (Fsp3) is 0.692. The lowest BCUT2D eigenvalue weighted by Crippen LogP contribution is -2.54. The largest absolute Gasteiger partial charge is 0.449 e. The highest BCUT2D eigenvalue weighted by Gasteiger charge is 2.49. The lowest BCUT2D eigenvalue weighted by molar-refractivity contribution is -0.137. The summed E-state index contributed by atoms with van der Waals surface area (Å²) in [6.45, 7) is 17.0. The van der Waals surface area contributed by atoms with Gasteiger partial charge in [-0.25, -0.2) is 19.3 Å². The SMILES string of the molecule is CC(C)(C)OC(=O)NCC1CCC([C@@H]2c3c(NCCCCOC(=O)N(C(=O)OC(C)(C)C)C(C)(C)C)cccc3C(=O)N2[C@@H]2CCC(=O)NC2=O)CC1. The molecule has 2 heterocycles. The van der Waals surface area contributed by atoms with E-state index in [1.54, 1.807) is 52.5 Å². The highest BCUT2D eigenvalue weighted by molar-refractivity contribution is 6.06. The van der Waals surface area contributed by atoms with Crippen LogP contribution in [0.2, 0.25) is 0 Å². The predicted molar refractivity (Wildman–Crippen MR) is 198 cm³/mol. The fourth-order valence-corrected chi connectivity index (χ4v) is 7.23. The van der Waals surface area contributed by atoms with Gasteiger partial charge in [0.2, 0.25) is 11.8 Å². The van der Waals surface area contributed by atoms with Gasteiger partial charge in [0, 0.05) is 41.9 Å². The summed E-state index contributed by atoms with van der Waals surface area (Å²) in [6, 6.07) is 4.42. The summed E-state index contributed by atoms with van der Waals surface area (Å²) in [6.07, 6.45) is 2.83. The fourth-order valence-electron chi connectivity index (χ4n) is 7.23. The first-order chi connectivity index (χ1) is 24.7. The van der Waals surface area contributed by atoms with Crippen molar-refractivity contribution in [3.63, 3.8) is 0 Å². The molecule has 0 radical (unpaired) electrons. The predicted octanol–water partition coefficient (Wildman–Crippen LogP) is 6.68. The van der Waals surface area contributed by atoms with Crippen LogP contribution in [0.3, 0.4) is 0 Å². The van der Waals surface area contributed by atoms with Gasteiger partial charge in [-0.1, -0.05) is 6.07 Å². The number of nitrogens with one attached hydrogen (secondary N) is 3. The maximum absolute atomic E-state index is 14.1. The van der Waals surface area contributed by atoms with Gasteiger partial charge in [-0.15, -0.1) is 0 Å². The number of ether oxygens (including phenoxy) is 3. The topological polar surface area (TPSA) is 173 Å². The van der Waals surface area contributed by atoms with E-state index in [0.717, 1.165) is 41.8 Å². The Morgan fingerprint density at radius 3 is 2.13 bits per heavy atom. The van der Waals surface area contributed by atoms with Crippen molar-refractivity contribution in [2.75, 3.05) is 25.0 Å². The molecule has 1 saturated heterocycles. The molecule has 1 aromatic rings. The number of hydrogen-bond donors (Lipinski definition) is 3. The third-order valence-electron chi connectivity index (χ3n) is 9.53. The van der Waals surface area contributed by atoms with Crippen molar-refractivity contribution in [2.24, 2.45) is 11.8 Å². The van der Waals surface area contributed by atoms with E-state index in [0.29, 0.717) is 31.5 Å². The van der Waals surface area contributed by atoms with Crippen LogP contribution in [-0.2, 0) is 23.8 Å². The molecule has 2 aliphatic heterocycles. The van der Waals surface area contributed by atoms with Gasteiger partial charge in [0.15, 0.2) is 0 Å². The maximum atomic E-state index is 14.1. The molecule has 3 N–H and O–H groups in total. The first-order valence-electron chi connectivity index (χ1n) is 18.9. The van der Waals surface area contributed by atoms with E-state index >= 15 is 0 Å². The summed E-state index contributed by atoms with van der Waals surface area (Å²) >= 11 is 0. The molecule has 0 spiro atoms. The van der Waals surface area contributed by atoms with Gasteiger partial charge in [-0.05, 0) is 131 Å². The number of fused-ring (bicyclic) bond motifs is 1. The van der Waals surface area contributed by atoms with Crippen molar-refractivity contribution in [1.82, 2.24) is 20.4 Å². The second-order valence-corrected chi connectivity index (χ2v) is 17.3. The summed E-state index contributed by atoms with van der Waals surface area (Å²) in [5.41, 5.74) is -0.0172. The molecule has 14 nitrogen and oxygen atoms in total. The van der Waals surface area contributed by atoms with Gasteiger partial charge in [-0.2, -0.15) is 0 Å². The minimum Gasteiger partial charge on any atom is -0.449 e. The van der Waals surface area contributed by atoms with Crippen LogP contribution in [0.5, 0.6) is 0 Å². The molecule has 2 atom stereocenters. The molecule has 1 saturated carbocycles. The van der Waals surface area contributed by atoms with Gasteiger partial charge >= 0.3 is 18.3 Å². The molecule has 4 rings (SSSR count). The number of hydrogen-bond acceptors (Lipinski definition) is 10. The molecule has 3 aliphatic rings. The summed E-state index contributed by atoms with van der Waals surface area (Å²) in [4.78, 5) is 80.0. The molecule has 1 aromatic carbocycles. The number of carbonyl (C=O) groups is 6. The second kappa shape index (κ2) is 16.8. The van der Waals surface area contributed by atoms with Crippen molar-refractivity contribution in [3.8, 4) is 0 Å². The normalized spacial score (nSPS) is 22.1. The third kappa shape index (κ3) is 11.1. The minimum atomic E-state index is -0.847. The Hall–Kier alpha value is -4.36. The van der Waals surface area contributed by atoms with Crippen LogP contribution < -0.4 is 16.0 Å². The van der Waals surface area contributed by atoms with E-state index in [9.17, 15) is 28.8 Å². The van der Waals surface area contributed by atoms with E-state index in [1.807, 2.05) is 32.9 Å². The number of nitrogens with zero attached hydrogens (tertiary/aromatic N) is 2. The lowest BCUT2D eigenvalue weighted by atomic mass is 9.76. The molecule has 6 amide bonds. The maximum Gasteiger partial charge on any atom is 0.420 e. The number of piperidine rings is 1. The monoisotopic (exact) mass is 741 g/mol. The average Bonchev–Trinajstić information content (AvgIpc) is 3.32. The van der Waals surface area contributed by atoms with Crippen molar-refractivity contribution >= 4 is 41.7 Å². The van der Waals surface area contributed by atoms with Gasteiger partial charge in [0.05, 0.1) is 12.6 Å². The van der Waals surface area contributed by atoms with Crippen LogP contribution in [0, 0.1) is 11.8 Å². The molecule has 1 aliphatic carbocycles. The third-order valence-corrected chi connectivity index (χ3v) is 9.53. The van der Waals surface area contributed by atoms with Crippen LogP contribution in [0.1, 0.15) is 136 Å². The first kappa shape index (κ1) is 41.4.